The normalized spacial score (nSPS) is 14.7. The van der Waals surface area contributed by atoms with E-state index in [0.717, 1.165) is 0 Å². The van der Waals surface area contributed by atoms with E-state index in [9.17, 15) is 8.78 Å². The van der Waals surface area contributed by atoms with E-state index in [2.05, 4.69) is 4.42 Å². The largest absolute Gasteiger partial charge is 0.467 e. The lowest BCUT2D eigenvalue weighted by atomic mass is 10.1. The van der Waals surface area contributed by atoms with E-state index in [0.29, 0.717) is 0 Å². The van der Waals surface area contributed by atoms with Gasteiger partial charge in [0, 0.05) is 0 Å². The van der Waals surface area contributed by atoms with E-state index in [1.54, 1.807) is 0 Å². The fourth-order valence-electron chi connectivity index (χ4n) is 0.775. The van der Waals surface area contributed by atoms with Gasteiger partial charge in [-0.15, -0.1) is 0 Å². The summed E-state index contributed by atoms with van der Waals surface area (Å²) in [5.41, 5.74) is 5.12. The predicted octanol–water partition coefficient (Wildman–Crippen LogP) is 0.907. The van der Waals surface area contributed by atoms with E-state index in [4.69, 9.17) is 10.8 Å². The summed E-state index contributed by atoms with van der Waals surface area (Å²) >= 11 is 0. The molecule has 68 valence electrons. The topological polar surface area (TPSA) is 59.4 Å². The van der Waals surface area contributed by atoms with Crippen LogP contribution in [0.4, 0.5) is 8.78 Å². The van der Waals surface area contributed by atoms with Gasteiger partial charge in [0.25, 0.3) is 5.92 Å². The van der Waals surface area contributed by atoms with Crippen molar-refractivity contribution in [1.82, 2.24) is 0 Å². The number of aliphatic hydroxyl groups excluding tert-OH is 1. The summed E-state index contributed by atoms with van der Waals surface area (Å²) in [4.78, 5) is 0. The standard InChI is InChI=1S/C7H9F2NO2/c8-7(9,4-11)6(10)5-2-1-3-12-5/h1-3,6,11H,4,10H2/t6-/m1/s1. The van der Waals surface area contributed by atoms with Crippen LogP contribution in [0.25, 0.3) is 0 Å². The maximum atomic E-state index is 12.7. The number of alkyl halides is 2. The van der Waals surface area contributed by atoms with E-state index in [1.807, 2.05) is 0 Å². The smallest absolute Gasteiger partial charge is 0.292 e. The lowest BCUT2D eigenvalue weighted by molar-refractivity contribution is -0.0754. The second kappa shape index (κ2) is 3.20. The van der Waals surface area contributed by atoms with Gasteiger partial charge in [-0.3, -0.25) is 0 Å². The van der Waals surface area contributed by atoms with Gasteiger partial charge in [0.05, 0.1) is 6.26 Å². The molecule has 1 aromatic heterocycles. The molecule has 1 atom stereocenters. The van der Waals surface area contributed by atoms with Gasteiger partial charge in [-0.05, 0) is 12.1 Å². The number of hydrogen-bond donors (Lipinski definition) is 2. The molecule has 3 N–H and O–H groups in total. The third-order valence-electron chi connectivity index (χ3n) is 1.52. The van der Waals surface area contributed by atoms with Gasteiger partial charge < -0.3 is 15.3 Å². The van der Waals surface area contributed by atoms with Crippen molar-refractivity contribution in [1.29, 1.82) is 0 Å². The monoisotopic (exact) mass is 177 g/mol. The molecule has 1 aromatic rings. The highest BCUT2D eigenvalue weighted by Crippen LogP contribution is 2.28. The molecule has 1 heterocycles. The highest BCUT2D eigenvalue weighted by atomic mass is 19.3. The minimum Gasteiger partial charge on any atom is -0.467 e. The Kier molecular flexibility index (Phi) is 2.44. The molecule has 0 spiro atoms. The zero-order valence-electron chi connectivity index (χ0n) is 6.21. The second-order valence-electron chi connectivity index (χ2n) is 2.41. The van der Waals surface area contributed by atoms with Gasteiger partial charge in [-0.1, -0.05) is 0 Å². The summed E-state index contributed by atoms with van der Waals surface area (Å²) < 4.78 is 30.0. The molecule has 0 radical (unpaired) electrons. The summed E-state index contributed by atoms with van der Waals surface area (Å²) in [6, 6.07) is 1.22. The van der Waals surface area contributed by atoms with Crippen molar-refractivity contribution < 1.29 is 18.3 Å². The van der Waals surface area contributed by atoms with Crippen LogP contribution < -0.4 is 5.73 Å². The molecule has 12 heavy (non-hydrogen) atoms. The summed E-state index contributed by atoms with van der Waals surface area (Å²) in [5.74, 6) is -3.37. The van der Waals surface area contributed by atoms with Gasteiger partial charge in [0.15, 0.2) is 0 Å². The zero-order chi connectivity index (χ0) is 9.19. The van der Waals surface area contributed by atoms with E-state index in [1.165, 1.54) is 18.4 Å². The molecule has 0 bridgehead atoms. The first-order chi connectivity index (χ1) is 5.58. The molecule has 0 aromatic carbocycles. The minimum atomic E-state index is -3.34. The average molecular weight is 177 g/mol. The highest BCUT2D eigenvalue weighted by molar-refractivity contribution is 5.07. The molecular formula is C7H9F2NO2. The Morgan fingerprint density at radius 2 is 2.33 bits per heavy atom. The first-order valence-electron chi connectivity index (χ1n) is 3.35. The van der Waals surface area contributed by atoms with Crippen molar-refractivity contribution in [3.8, 4) is 0 Å². The zero-order valence-corrected chi connectivity index (χ0v) is 6.21. The number of hydrogen-bond acceptors (Lipinski definition) is 3. The van der Waals surface area contributed by atoms with Gasteiger partial charge in [0.2, 0.25) is 0 Å². The molecule has 1 rings (SSSR count). The van der Waals surface area contributed by atoms with Crippen molar-refractivity contribution in [2.75, 3.05) is 6.61 Å². The molecule has 0 aliphatic rings. The number of halogens is 2. The number of nitrogens with two attached hydrogens (primary N) is 1. The molecule has 5 heteroatoms. The van der Waals surface area contributed by atoms with E-state index in [-0.39, 0.29) is 5.76 Å². The van der Waals surface area contributed by atoms with Gasteiger partial charge in [0.1, 0.15) is 18.4 Å². The van der Waals surface area contributed by atoms with Crippen LogP contribution >= 0.6 is 0 Å². The molecule has 0 unspecified atom stereocenters. The van der Waals surface area contributed by atoms with Crippen LogP contribution in [0.15, 0.2) is 22.8 Å². The first-order valence-corrected chi connectivity index (χ1v) is 3.35. The van der Waals surface area contributed by atoms with Crippen molar-refractivity contribution in [3.63, 3.8) is 0 Å². The Balaban J connectivity index is 2.78. The maximum Gasteiger partial charge on any atom is 0.292 e. The first kappa shape index (κ1) is 9.15. The number of rotatable bonds is 3. The summed E-state index contributed by atoms with van der Waals surface area (Å²) in [7, 11) is 0. The molecule has 0 aliphatic carbocycles. The van der Waals surface area contributed by atoms with Crippen LogP contribution in [0.1, 0.15) is 11.8 Å². The molecule has 0 fully saturated rings. The van der Waals surface area contributed by atoms with Crippen molar-refractivity contribution in [3.05, 3.63) is 24.2 Å². The minimum absolute atomic E-state index is 0.0333. The Hall–Kier alpha value is -0.940. The molecular weight excluding hydrogens is 168 g/mol. The predicted molar refractivity (Wildman–Crippen MR) is 37.7 cm³/mol. The lowest BCUT2D eigenvalue weighted by Gasteiger charge is -2.18. The Morgan fingerprint density at radius 3 is 2.75 bits per heavy atom. The van der Waals surface area contributed by atoms with Crippen molar-refractivity contribution in [2.45, 2.75) is 12.0 Å². The van der Waals surface area contributed by atoms with Crippen LogP contribution in [0, 0.1) is 0 Å². The average Bonchev–Trinajstić information content (AvgIpc) is 2.55. The Morgan fingerprint density at radius 1 is 1.67 bits per heavy atom. The summed E-state index contributed by atoms with van der Waals surface area (Å²) in [5, 5.41) is 8.29. The van der Waals surface area contributed by atoms with Crippen LogP contribution in [0.5, 0.6) is 0 Å². The fraction of sp³-hybridized carbons (Fsp3) is 0.429. The quantitative estimate of drug-likeness (QED) is 0.721. The van der Waals surface area contributed by atoms with Crippen LogP contribution in [0.2, 0.25) is 0 Å². The molecule has 0 amide bonds. The summed E-state index contributed by atoms with van der Waals surface area (Å²) in [6.07, 6.45) is 1.25. The maximum absolute atomic E-state index is 12.7. The van der Waals surface area contributed by atoms with E-state index < -0.39 is 18.6 Å². The van der Waals surface area contributed by atoms with Crippen LogP contribution in [-0.2, 0) is 0 Å². The van der Waals surface area contributed by atoms with Gasteiger partial charge >= 0.3 is 0 Å². The third-order valence-corrected chi connectivity index (χ3v) is 1.52. The van der Waals surface area contributed by atoms with Crippen molar-refractivity contribution >= 4 is 0 Å². The second-order valence-corrected chi connectivity index (χ2v) is 2.41. The van der Waals surface area contributed by atoms with Gasteiger partial charge in [-0.25, -0.2) is 8.78 Å². The van der Waals surface area contributed by atoms with Crippen molar-refractivity contribution in [2.24, 2.45) is 5.73 Å². The Labute approximate surface area is 67.8 Å². The molecule has 3 nitrogen and oxygen atoms in total. The molecule has 0 saturated heterocycles. The Bertz CT molecular complexity index is 236. The third kappa shape index (κ3) is 1.62. The molecule has 0 aliphatic heterocycles. The lowest BCUT2D eigenvalue weighted by Crippen LogP contribution is -2.35. The SMILES string of the molecule is N[C@H](c1ccco1)C(F)(F)CO. The van der Waals surface area contributed by atoms with Crippen LogP contribution in [0.3, 0.4) is 0 Å². The summed E-state index contributed by atoms with van der Waals surface area (Å²) in [6.45, 7) is -1.28. The highest BCUT2D eigenvalue weighted by Gasteiger charge is 2.38. The van der Waals surface area contributed by atoms with E-state index >= 15 is 0 Å². The fourth-order valence-corrected chi connectivity index (χ4v) is 0.775. The number of furan rings is 1. The molecule has 0 saturated carbocycles. The van der Waals surface area contributed by atoms with Gasteiger partial charge in [-0.2, -0.15) is 0 Å². The van der Waals surface area contributed by atoms with Crippen LogP contribution in [-0.4, -0.2) is 17.6 Å². The number of aliphatic hydroxyl groups is 1.